The van der Waals surface area contributed by atoms with E-state index in [0.29, 0.717) is 33.1 Å². The van der Waals surface area contributed by atoms with Gasteiger partial charge in [-0.3, -0.25) is 0 Å². The van der Waals surface area contributed by atoms with Crippen molar-refractivity contribution in [3.05, 3.63) is 84.9 Å². The van der Waals surface area contributed by atoms with Crippen molar-refractivity contribution in [3.8, 4) is 68.2 Å². The van der Waals surface area contributed by atoms with E-state index in [2.05, 4.69) is 0 Å². The van der Waals surface area contributed by atoms with Crippen molar-refractivity contribution < 1.29 is 45.3 Å². The Bertz CT molecular complexity index is 2490. The maximum atomic E-state index is 11.5. The summed E-state index contributed by atoms with van der Waals surface area (Å²) in [6.45, 7) is 0. The molecule has 9 heteroatoms. The van der Waals surface area contributed by atoms with Crippen LogP contribution in [0.3, 0.4) is 0 Å². The van der Waals surface area contributed by atoms with Crippen molar-refractivity contribution in [1.82, 2.24) is 0 Å². The quantitative estimate of drug-likeness (QED) is 0.0556. The zero-order valence-electron chi connectivity index (χ0n) is 23.1. The molecular weight excluding hydrogens is 576 g/mol. The largest absolute Gasteiger partial charge is 0.504 e. The number of fused-ring (bicyclic) bond motifs is 6. The summed E-state index contributed by atoms with van der Waals surface area (Å²) in [6, 6.07) is 24.8. The second-order valence-electron chi connectivity index (χ2n) is 10.9. The van der Waals surface area contributed by atoms with E-state index in [-0.39, 0.29) is 32.7 Å². The number of benzene rings is 7. The van der Waals surface area contributed by atoms with Crippen LogP contribution in [0.25, 0.3) is 76.5 Å². The summed E-state index contributed by atoms with van der Waals surface area (Å²) >= 11 is 0. The zero-order chi connectivity index (χ0) is 31.3. The molecule has 9 nitrogen and oxygen atoms in total. The monoisotopic (exact) mass is 598 g/mol. The van der Waals surface area contributed by atoms with Gasteiger partial charge in [0.1, 0.15) is 11.2 Å². The first kappa shape index (κ1) is 26.2. The van der Waals surface area contributed by atoms with Crippen LogP contribution in [0.4, 0.5) is 0 Å². The minimum absolute atomic E-state index is 0.00855. The van der Waals surface area contributed by atoms with Crippen molar-refractivity contribution in [3.63, 3.8) is 0 Å². The maximum Gasteiger partial charge on any atom is 0.204 e. The minimum Gasteiger partial charge on any atom is -0.504 e. The summed E-state index contributed by atoms with van der Waals surface area (Å²) in [7, 11) is 0. The topological polar surface area (TPSA) is 175 Å². The molecule has 8 N–H and O–H groups in total. The average Bonchev–Trinajstić information content (AvgIpc) is 3.43. The Hall–Kier alpha value is -6.48. The fraction of sp³-hybridized carbons (Fsp3) is 0. The smallest absolute Gasteiger partial charge is 0.204 e. The molecule has 0 aliphatic heterocycles. The van der Waals surface area contributed by atoms with Gasteiger partial charge in [-0.2, -0.15) is 0 Å². The minimum atomic E-state index is -1.03. The van der Waals surface area contributed by atoms with E-state index in [0.717, 1.165) is 10.8 Å². The molecular formula is C36H22O9. The lowest BCUT2D eigenvalue weighted by Crippen LogP contribution is -1.95. The second kappa shape index (κ2) is 9.01. The third-order valence-electron chi connectivity index (χ3n) is 8.49. The molecule has 0 aliphatic rings. The highest BCUT2D eigenvalue weighted by Crippen LogP contribution is 2.62. The lowest BCUT2D eigenvalue weighted by molar-refractivity contribution is 0.350. The van der Waals surface area contributed by atoms with Crippen molar-refractivity contribution in [1.29, 1.82) is 0 Å². The van der Waals surface area contributed by atoms with Gasteiger partial charge in [-0.1, -0.05) is 66.7 Å². The van der Waals surface area contributed by atoms with Crippen LogP contribution >= 0.6 is 0 Å². The second-order valence-corrected chi connectivity index (χ2v) is 10.9. The maximum absolute atomic E-state index is 11.5. The number of furan rings is 1. The van der Waals surface area contributed by atoms with Gasteiger partial charge in [0.05, 0.1) is 0 Å². The Morgan fingerprint density at radius 3 is 1.42 bits per heavy atom. The fourth-order valence-electron chi connectivity index (χ4n) is 6.50. The Kier molecular flexibility index (Phi) is 5.24. The number of hydrogen-bond donors (Lipinski definition) is 8. The van der Waals surface area contributed by atoms with Crippen LogP contribution in [-0.2, 0) is 0 Å². The van der Waals surface area contributed by atoms with Gasteiger partial charge >= 0.3 is 0 Å². The predicted octanol–water partition coefficient (Wildman–Crippen LogP) is 8.02. The summed E-state index contributed by atoms with van der Waals surface area (Å²) < 4.78 is 6.23. The van der Waals surface area contributed by atoms with E-state index in [1.165, 1.54) is 0 Å². The molecule has 0 unspecified atom stereocenters. The van der Waals surface area contributed by atoms with Gasteiger partial charge in [0, 0.05) is 43.4 Å². The van der Waals surface area contributed by atoms with Gasteiger partial charge in [-0.15, -0.1) is 0 Å². The Balaban J connectivity index is 1.71. The lowest BCUT2D eigenvalue weighted by atomic mass is 9.82. The normalized spacial score (nSPS) is 11.8. The average molecular weight is 599 g/mol. The molecule has 0 amide bonds. The molecule has 220 valence electrons. The molecule has 1 aromatic heterocycles. The van der Waals surface area contributed by atoms with Crippen LogP contribution in [0.1, 0.15) is 0 Å². The molecule has 0 spiro atoms. The molecule has 0 aliphatic carbocycles. The van der Waals surface area contributed by atoms with Crippen LogP contribution in [0.5, 0.6) is 46.0 Å². The Morgan fingerprint density at radius 2 is 0.867 bits per heavy atom. The molecule has 0 bridgehead atoms. The van der Waals surface area contributed by atoms with E-state index in [1.54, 1.807) is 48.5 Å². The highest BCUT2D eigenvalue weighted by Gasteiger charge is 2.33. The predicted molar refractivity (Wildman–Crippen MR) is 170 cm³/mol. The third kappa shape index (κ3) is 3.37. The number of phenols is 8. The molecule has 7 aromatic carbocycles. The van der Waals surface area contributed by atoms with Gasteiger partial charge in [-0.05, 0) is 40.1 Å². The number of aromatic hydroxyl groups is 8. The van der Waals surface area contributed by atoms with Crippen molar-refractivity contribution in [2.75, 3.05) is 0 Å². The van der Waals surface area contributed by atoms with Crippen LogP contribution in [0, 0.1) is 0 Å². The summed E-state index contributed by atoms with van der Waals surface area (Å²) in [5.74, 6) is -7.43. The standard InChI is InChI=1S/C36H22O9/c37-29-25-22(15-7-2-1-3-8-15)26-28(32(40)36(44)34(42)30(26)38)24(27(25)31(39)35(43)33(29)41)18-11-6-12-20-23(18)19-13-16-9-4-5-10-17(16)14-21(19)45-20/h1-14,37-44H. The molecule has 0 saturated carbocycles. The third-order valence-corrected chi connectivity index (χ3v) is 8.49. The molecule has 8 aromatic rings. The Labute approximate surface area is 252 Å². The van der Waals surface area contributed by atoms with E-state index >= 15 is 0 Å². The van der Waals surface area contributed by atoms with Crippen molar-refractivity contribution >= 4 is 54.3 Å². The first-order valence-electron chi connectivity index (χ1n) is 13.8. The van der Waals surface area contributed by atoms with E-state index in [9.17, 15) is 40.9 Å². The van der Waals surface area contributed by atoms with E-state index in [1.807, 2.05) is 36.4 Å². The highest BCUT2D eigenvalue weighted by molar-refractivity contribution is 6.31. The first-order chi connectivity index (χ1) is 21.7. The fourth-order valence-corrected chi connectivity index (χ4v) is 6.50. The zero-order valence-corrected chi connectivity index (χ0v) is 23.1. The number of hydrogen-bond acceptors (Lipinski definition) is 9. The molecule has 1 heterocycles. The van der Waals surface area contributed by atoms with Crippen LogP contribution in [0.15, 0.2) is 89.3 Å². The summed E-state index contributed by atoms with van der Waals surface area (Å²) in [4.78, 5) is 0. The Morgan fingerprint density at radius 1 is 0.378 bits per heavy atom. The summed E-state index contributed by atoms with van der Waals surface area (Å²) in [6.07, 6.45) is 0. The molecule has 0 saturated heterocycles. The van der Waals surface area contributed by atoms with Crippen LogP contribution < -0.4 is 0 Å². The molecule has 0 radical (unpaired) electrons. The SMILES string of the molecule is Oc1c(O)c(O)c2c(-c3cccc4oc5cc6ccccc6cc5c34)c3c(O)c(O)c(O)c(O)c3c(-c3ccccc3)c2c1O. The summed E-state index contributed by atoms with van der Waals surface area (Å²) in [5, 5.41) is 91.0. The van der Waals surface area contributed by atoms with Gasteiger partial charge in [0.2, 0.25) is 23.0 Å². The molecule has 0 fully saturated rings. The number of rotatable bonds is 2. The molecule has 0 atom stereocenters. The number of phenolic OH excluding ortho intramolecular Hbond substituents is 8. The van der Waals surface area contributed by atoms with Gasteiger partial charge < -0.3 is 45.3 Å². The van der Waals surface area contributed by atoms with Crippen LogP contribution in [-0.4, -0.2) is 40.9 Å². The van der Waals surface area contributed by atoms with Crippen molar-refractivity contribution in [2.45, 2.75) is 0 Å². The van der Waals surface area contributed by atoms with E-state index in [4.69, 9.17) is 4.42 Å². The first-order valence-corrected chi connectivity index (χ1v) is 13.8. The highest BCUT2D eigenvalue weighted by atomic mass is 16.4. The van der Waals surface area contributed by atoms with Crippen molar-refractivity contribution in [2.24, 2.45) is 0 Å². The van der Waals surface area contributed by atoms with Gasteiger partial charge in [0.15, 0.2) is 23.0 Å². The van der Waals surface area contributed by atoms with Gasteiger partial charge in [0.25, 0.3) is 0 Å². The van der Waals surface area contributed by atoms with Gasteiger partial charge in [-0.25, -0.2) is 0 Å². The molecule has 45 heavy (non-hydrogen) atoms. The lowest BCUT2D eigenvalue weighted by Gasteiger charge is -2.22. The molecule has 8 rings (SSSR count). The van der Waals surface area contributed by atoms with E-state index < -0.39 is 46.0 Å². The van der Waals surface area contributed by atoms with Crippen LogP contribution in [0.2, 0.25) is 0 Å². The summed E-state index contributed by atoms with van der Waals surface area (Å²) in [5.41, 5.74) is 1.57.